The third kappa shape index (κ3) is 2.33. The first-order valence-electron chi connectivity index (χ1n) is 4.48. The molecule has 0 aromatic carbocycles. The highest BCUT2D eigenvalue weighted by molar-refractivity contribution is 9.10. The van der Waals surface area contributed by atoms with E-state index in [2.05, 4.69) is 36.4 Å². The van der Waals surface area contributed by atoms with Crippen molar-refractivity contribution in [3.8, 4) is 11.4 Å². The van der Waals surface area contributed by atoms with E-state index in [1.807, 2.05) is 13.0 Å². The first-order valence-corrected chi connectivity index (χ1v) is 5.27. The summed E-state index contributed by atoms with van der Waals surface area (Å²) in [6.07, 6.45) is 3.39. The summed E-state index contributed by atoms with van der Waals surface area (Å²) < 4.78 is 5.87. The van der Waals surface area contributed by atoms with Gasteiger partial charge < -0.3 is 9.84 Å². The molecule has 2 rings (SSSR count). The van der Waals surface area contributed by atoms with E-state index in [4.69, 9.17) is 4.52 Å². The zero-order chi connectivity index (χ0) is 10.7. The highest BCUT2D eigenvalue weighted by Crippen LogP contribution is 2.19. The van der Waals surface area contributed by atoms with Gasteiger partial charge in [0.2, 0.25) is 5.82 Å². The first-order chi connectivity index (χ1) is 7.29. The van der Waals surface area contributed by atoms with Crippen molar-refractivity contribution >= 4 is 21.9 Å². The maximum Gasteiger partial charge on any atom is 0.321 e. The number of rotatable bonds is 3. The van der Waals surface area contributed by atoms with E-state index in [9.17, 15) is 0 Å². The van der Waals surface area contributed by atoms with Gasteiger partial charge in [0.15, 0.2) is 0 Å². The smallest absolute Gasteiger partial charge is 0.321 e. The molecular weight excluding hydrogens is 260 g/mol. The van der Waals surface area contributed by atoms with Crippen LogP contribution in [0.5, 0.6) is 0 Å². The normalized spacial score (nSPS) is 10.3. The molecule has 5 nitrogen and oxygen atoms in total. The highest BCUT2D eigenvalue weighted by atomic mass is 79.9. The van der Waals surface area contributed by atoms with Crippen LogP contribution in [0.2, 0.25) is 0 Å². The van der Waals surface area contributed by atoms with Gasteiger partial charge in [-0.2, -0.15) is 4.98 Å². The van der Waals surface area contributed by atoms with Crippen LogP contribution < -0.4 is 5.32 Å². The molecule has 0 fully saturated rings. The van der Waals surface area contributed by atoms with Gasteiger partial charge in [-0.25, -0.2) is 0 Å². The highest BCUT2D eigenvalue weighted by Gasteiger charge is 2.07. The van der Waals surface area contributed by atoms with Crippen LogP contribution in [-0.4, -0.2) is 21.7 Å². The molecule has 0 aliphatic rings. The molecule has 0 atom stereocenters. The van der Waals surface area contributed by atoms with Gasteiger partial charge in [0.1, 0.15) is 0 Å². The van der Waals surface area contributed by atoms with E-state index >= 15 is 0 Å². The Labute approximate surface area is 95.0 Å². The van der Waals surface area contributed by atoms with E-state index < -0.39 is 0 Å². The number of nitrogens with one attached hydrogen (secondary N) is 1. The summed E-state index contributed by atoms with van der Waals surface area (Å²) in [5.74, 6) is 0.528. The van der Waals surface area contributed by atoms with Gasteiger partial charge in [-0.15, -0.1) is 0 Å². The molecule has 6 heteroatoms. The van der Waals surface area contributed by atoms with Crippen molar-refractivity contribution < 1.29 is 4.52 Å². The number of nitrogens with zero attached hydrogens (tertiary/aromatic N) is 3. The molecule has 2 heterocycles. The van der Waals surface area contributed by atoms with Crippen molar-refractivity contribution in [2.75, 3.05) is 11.9 Å². The molecule has 2 aromatic rings. The lowest BCUT2D eigenvalue weighted by molar-refractivity contribution is 0.432. The van der Waals surface area contributed by atoms with E-state index in [1.165, 1.54) is 0 Å². The van der Waals surface area contributed by atoms with Gasteiger partial charge in [-0.3, -0.25) is 4.98 Å². The summed E-state index contributed by atoms with van der Waals surface area (Å²) in [5, 5.41) is 6.78. The lowest BCUT2D eigenvalue weighted by atomic mass is 10.3. The van der Waals surface area contributed by atoms with Crippen molar-refractivity contribution in [1.29, 1.82) is 0 Å². The second-order valence-corrected chi connectivity index (χ2v) is 3.76. The monoisotopic (exact) mass is 268 g/mol. The molecule has 0 unspecified atom stereocenters. The predicted octanol–water partition coefficient (Wildman–Crippen LogP) is 2.33. The Bertz CT molecular complexity index is 457. The topological polar surface area (TPSA) is 63.8 Å². The molecular formula is C9H9BrN4O. The van der Waals surface area contributed by atoms with Crippen LogP contribution in [0, 0.1) is 0 Å². The van der Waals surface area contributed by atoms with Crippen LogP contribution >= 0.6 is 15.9 Å². The molecule has 2 aromatic heterocycles. The van der Waals surface area contributed by atoms with Crippen LogP contribution in [0.25, 0.3) is 11.4 Å². The van der Waals surface area contributed by atoms with E-state index in [1.54, 1.807) is 12.4 Å². The zero-order valence-corrected chi connectivity index (χ0v) is 9.65. The predicted molar refractivity (Wildman–Crippen MR) is 59.4 cm³/mol. The molecule has 0 amide bonds. The minimum absolute atomic E-state index is 0.424. The molecule has 0 aliphatic carbocycles. The zero-order valence-electron chi connectivity index (χ0n) is 8.07. The third-order valence-electron chi connectivity index (χ3n) is 1.72. The van der Waals surface area contributed by atoms with Gasteiger partial charge in [0.25, 0.3) is 0 Å². The van der Waals surface area contributed by atoms with E-state index in [0.29, 0.717) is 11.8 Å². The molecule has 78 valence electrons. The number of aromatic nitrogens is 3. The average molecular weight is 269 g/mol. The second-order valence-electron chi connectivity index (χ2n) is 2.85. The number of halogens is 1. The van der Waals surface area contributed by atoms with E-state index in [0.717, 1.165) is 16.6 Å². The summed E-state index contributed by atoms with van der Waals surface area (Å²) >= 11 is 3.33. The molecule has 0 radical (unpaired) electrons. The Morgan fingerprint density at radius 2 is 2.33 bits per heavy atom. The van der Waals surface area contributed by atoms with Crippen LogP contribution in [0.3, 0.4) is 0 Å². The molecule has 1 N–H and O–H groups in total. The van der Waals surface area contributed by atoms with Crippen LogP contribution in [-0.2, 0) is 0 Å². The summed E-state index contributed by atoms with van der Waals surface area (Å²) in [5.41, 5.74) is 0.817. The maximum absolute atomic E-state index is 4.98. The van der Waals surface area contributed by atoms with Crippen LogP contribution in [0.4, 0.5) is 6.01 Å². The molecule has 0 spiro atoms. The maximum atomic E-state index is 4.98. The Kier molecular flexibility index (Phi) is 2.96. The van der Waals surface area contributed by atoms with Gasteiger partial charge in [0.05, 0.1) is 0 Å². The van der Waals surface area contributed by atoms with Crippen LogP contribution in [0.15, 0.2) is 27.5 Å². The van der Waals surface area contributed by atoms with Crippen molar-refractivity contribution in [2.45, 2.75) is 6.92 Å². The molecule has 0 saturated heterocycles. The fraction of sp³-hybridized carbons (Fsp3) is 0.222. The minimum Gasteiger partial charge on any atom is -0.338 e. The quantitative estimate of drug-likeness (QED) is 0.926. The summed E-state index contributed by atoms with van der Waals surface area (Å²) in [7, 11) is 0. The van der Waals surface area contributed by atoms with Gasteiger partial charge in [0, 0.05) is 29.0 Å². The number of hydrogen-bond acceptors (Lipinski definition) is 5. The minimum atomic E-state index is 0.424. The van der Waals surface area contributed by atoms with Crippen molar-refractivity contribution in [3.05, 3.63) is 22.9 Å². The fourth-order valence-corrected chi connectivity index (χ4v) is 1.46. The van der Waals surface area contributed by atoms with Gasteiger partial charge in [-0.1, -0.05) is 5.16 Å². The average Bonchev–Trinajstić information content (AvgIpc) is 2.67. The largest absolute Gasteiger partial charge is 0.338 e. The van der Waals surface area contributed by atoms with Gasteiger partial charge in [-0.05, 0) is 28.9 Å². The molecule has 0 bridgehead atoms. The van der Waals surface area contributed by atoms with E-state index in [-0.39, 0.29) is 0 Å². The number of anilines is 1. The Morgan fingerprint density at radius 1 is 1.47 bits per heavy atom. The Balaban J connectivity index is 2.29. The van der Waals surface area contributed by atoms with Crippen molar-refractivity contribution in [3.63, 3.8) is 0 Å². The molecule has 0 aliphatic heterocycles. The van der Waals surface area contributed by atoms with Crippen molar-refractivity contribution in [2.24, 2.45) is 0 Å². The SMILES string of the molecule is CCNc1nc(-c2cncc(Br)c2)no1. The lowest BCUT2D eigenvalue weighted by Crippen LogP contribution is -1.95. The second kappa shape index (κ2) is 4.39. The Morgan fingerprint density at radius 3 is 3.07 bits per heavy atom. The number of hydrogen-bond donors (Lipinski definition) is 1. The molecule has 15 heavy (non-hydrogen) atoms. The Hall–Kier alpha value is -1.43. The standard InChI is InChI=1S/C9H9BrN4O/c1-2-12-9-13-8(14-15-9)6-3-7(10)5-11-4-6/h3-5H,2H2,1H3,(H,12,13,14). The third-order valence-corrected chi connectivity index (χ3v) is 2.15. The summed E-state index contributed by atoms with van der Waals surface area (Å²) in [6.45, 7) is 2.71. The van der Waals surface area contributed by atoms with Crippen molar-refractivity contribution in [1.82, 2.24) is 15.1 Å². The fourth-order valence-electron chi connectivity index (χ4n) is 1.10. The van der Waals surface area contributed by atoms with Gasteiger partial charge >= 0.3 is 6.01 Å². The lowest BCUT2D eigenvalue weighted by Gasteiger charge is -1.93. The number of pyridine rings is 1. The summed E-state index contributed by atoms with van der Waals surface area (Å²) in [6, 6.07) is 2.31. The van der Waals surface area contributed by atoms with Crippen LogP contribution in [0.1, 0.15) is 6.92 Å². The molecule has 0 saturated carbocycles. The summed E-state index contributed by atoms with van der Waals surface area (Å²) in [4.78, 5) is 8.19. The first kappa shape index (κ1) is 10.1.